The Morgan fingerprint density at radius 3 is 2.76 bits per heavy atom. The molecule has 1 aliphatic heterocycles. The lowest BCUT2D eigenvalue weighted by molar-refractivity contribution is 0.634. The van der Waals surface area contributed by atoms with E-state index in [2.05, 4.69) is 55.3 Å². The highest BCUT2D eigenvalue weighted by Gasteiger charge is 2.37. The molecule has 1 unspecified atom stereocenters. The zero-order valence-electron chi connectivity index (χ0n) is 10.1. The standard InChI is InChI=1S/C15H16N2/c1-15-10-6-5-8-12(15)14(16)11-7-3-4-9-13(11)17(15)2/h3-10H,16H2,1-2H3. The van der Waals surface area contributed by atoms with Gasteiger partial charge in [-0.3, -0.25) is 0 Å². The first-order chi connectivity index (χ1) is 8.14. The van der Waals surface area contributed by atoms with E-state index in [1.54, 1.807) is 0 Å². The number of nitrogens with zero attached hydrogens (tertiary/aromatic N) is 1. The first kappa shape index (κ1) is 10.2. The summed E-state index contributed by atoms with van der Waals surface area (Å²) in [5.74, 6) is 0. The molecule has 1 aromatic carbocycles. The van der Waals surface area contributed by atoms with E-state index in [4.69, 9.17) is 5.73 Å². The second-order valence-electron chi connectivity index (χ2n) is 4.77. The predicted octanol–water partition coefficient (Wildman–Crippen LogP) is 2.69. The second-order valence-corrected chi connectivity index (χ2v) is 4.77. The van der Waals surface area contributed by atoms with E-state index in [-0.39, 0.29) is 5.54 Å². The Hall–Kier alpha value is -1.96. The maximum Gasteiger partial charge on any atom is 0.0829 e. The fourth-order valence-electron chi connectivity index (χ4n) is 2.70. The molecule has 17 heavy (non-hydrogen) atoms. The number of allylic oxidation sites excluding steroid dienone is 2. The number of fused-ring (bicyclic) bond motifs is 2. The van der Waals surface area contributed by atoms with Crippen LogP contribution in [0.1, 0.15) is 12.5 Å². The molecule has 2 nitrogen and oxygen atoms in total. The molecule has 0 fully saturated rings. The van der Waals surface area contributed by atoms with Gasteiger partial charge in [0.2, 0.25) is 0 Å². The van der Waals surface area contributed by atoms with Crippen molar-refractivity contribution in [2.45, 2.75) is 12.5 Å². The zero-order valence-corrected chi connectivity index (χ0v) is 10.1. The number of nitrogens with two attached hydrogens (primary N) is 1. The van der Waals surface area contributed by atoms with Crippen LogP contribution in [-0.2, 0) is 0 Å². The maximum atomic E-state index is 6.32. The molecule has 1 heterocycles. The van der Waals surface area contributed by atoms with E-state index in [0.717, 1.165) is 11.3 Å². The molecule has 0 spiro atoms. The smallest absolute Gasteiger partial charge is 0.0829 e. The second kappa shape index (κ2) is 3.27. The number of anilines is 1. The molecule has 0 bridgehead atoms. The van der Waals surface area contributed by atoms with Crippen molar-refractivity contribution in [1.82, 2.24) is 0 Å². The van der Waals surface area contributed by atoms with E-state index >= 15 is 0 Å². The summed E-state index contributed by atoms with van der Waals surface area (Å²) in [5.41, 5.74) is 10.6. The van der Waals surface area contributed by atoms with Crippen LogP contribution in [0.4, 0.5) is 5.69 Å². The lowest BCUT2D eigenvalue weighted by Gasteiger charge is -2.45. The molecule has 0 saturated heterocycles. The summed E-state index contributed by atoms with van der Waals surface area (Å²) in [6.45, 7) is 2.20. The summed E-state index contributed by atoms with van der Waals surface area (Å²) in [6, 6.07) is 8.29. The first-order valence-electron chi connectivity index (χ1n) is 5.84. The Morgan fingerprint density at radius 2 is 1.94 bits per heavy atom. The topological polar surface area (TPSA) is 29.3 Å². The fraction of sp³-hybridized carbons (Fsp3) is 0.200. The molecule has 0 amide bonds. The van der Waals surface area contributed by atoms with E-state index in [1.807, 2.05) is 12.1 Å². The Kier molecular flexibility index (Phi) is 1.96. The van der Waals surface area contributed by atoms with Gasteiger partial charge in [-0.1, -0.05) is 42.5 Å². The van der Waals surface area contributed by atoms with Gasteiger partial charge in [-0.05, 0) is 13.0 Å². The minimum atomic E-state index is -0.132. The molecule has 2 aliphatic rings. The summed E-state index contributed by atoms with van der Waals surface area (Å²) in [7, 11) is 2.12. The number of likely N-dealkylation sites (N-methyl/N-ethyl adjacent to an activating group) is 1. The highest BCUT2D eigenvalue weighted by atomic mass is 15.2. The lowest BCUT2D eigenvalue weighted by atomic mass is 9.80. The average Bonchev–Trinajstić information content (AvgIpc) is 2.36. The molecule has 1 aliphatic carbocycles. The van der Waals surface area contributed by atoms with Crippen LogP contribution in [0.15, 0.2) is 54.1 Å². The van der Waals surface area contributed by atoms with Crippen LogP contribution in [-0.4, -0.2) is 12.6 Å². The summed E-state index contributed by atoms with van der Waals surface area (Å²) in [4.78, 5) is 2.29. The van der Waals surface area contributed by atoms with Gasteiger partial charge in [0.05, 0.1) is 5.54 Å². The summed E-state index contributed by atoms with van der Waals surface area (Å²) in [6.07, 6.45) is 8.44. The normalized spacial score (nSPS) is 25.9. The third-order valence-electron chi connectivity index (χ3n) is 3.88. The molecule has 86 valence electrons. The number of hydrogen-bond acceptors (Lipinski definition) is 2. The van der Waals surface area contributed by atoms with Crippen molar-refractivity contribution in [1.29, 1.82) is 0 Å². The van der Waals surface area contributed by atoms with Crippen LogP contribution in [0.3, 0.4) is 0 Å². The van der Waals surface area contributed by atoms with Gasteiger partial charge in [0.15, 0.2) is 0 Å². The molecule has 1 aromatic rings. The average molecular weight is 224 g/mol. The summed E-state index contributed by atoms with van der Waals surface area (Å²) in [5, 5.41) is 0. The largest absolute Gasteiger partial charge is 0.398 e. The van der Waals surface area contributed by atoms with Crippen LogP contribution in [0.25, 0.3) is 5.70 Å². The van der Waals surface area contributed by atoms with Gasteiger partial charge in [0.25, 0.3) is 0 Å². The number of benzene rings is 1. The number of hydrogen-bond donors (Lipinski definition) is 1. The van der Waals surface area contributed by atoms with Crippen molar-refractivity contribution >= 4 is 11.4 Å². The van der Waals surface area contributed by atoms with Crippen molar-refractivity contribution in [2.75, 3.05) is 11.9 Å². The van der Waals surface area contributed by atoms with Crippen LogP contribution < -0.4 is 10.6 Å². The van der Waals surface area contributed by atoms with E-state index in [0.29, 0.717) is 0 Å². The highest BCUT2D eigenvalue weighted by molar-refractivity contribution is 5.86. The van der Waals surface area contributed by atoms with Crippen molar-refractivity contribution in [2.24, 2.45) is 5.73 Å². The molecule has 2 N–H and O–H groups in total. The first-order valence-corrected chi connectivity index (χ1v) is 5.84. The van der Waals surface area contributed by atoms with Crippen molar-refractivity contribution in [3.8, 4) is 0 Å². The van der Waals surface area contributed by atoms with Crippen LogP contribution in [0.5, 0.6) is 0 Å². The van der Waals surface area contributed by atoms with E-state index < -0.39 is 0 Å². The molecule has 1 atom stereocenters. The van der Waals surface area contributed by atoms with E-state index in [9.17, 15) is 0 Å². The SMILES string of the molecule is CN1c2ccccc2C(N)=C2C=CC=CC21C. The van der Waals surface area contributed by atoms with Crippen LogP contribution in [0, 0.1) is 0 Å². The van der Waals surface area contributed by atoms with Crippen LogP contribution >= 0.6 is 0 Å². The Bertz CT molecular complexity index is 566. The monoisotopic (exact) mass is 224 g/mol. The third kappa shape index (κ3) is 1.21. The minimum absolute atomic E-state index is 0.132. The molecular weight excluding hydrogens is 208 g/mol. The Labute approximate surface area is 102 Å². The molecule has 2 heteroatoms. The van der Waals surface area contributed by atoms with Crippen molar-refractivity contribution in [3.63, 3.8) is 0 Å². The van der Waals surface area contributed by atoms with Crippen LogP contribution in [0.2, 0.25) is 0 Å². The van der Waals surface area contributed by atoms with Gasteiger partial charge in [-0.2, -0.15) is 0 Å². The van der Waals surface area contributed by atoms with Gasteiger partial charge in [0, 0.05) is 29.6 Å². The van der Waals surface area contributed by atoms with Gasteiger partial charge < -0.3 is 10.6 Å². The fourth-order valence-corrected chi connectivity index (χ4v) is 2.70. The summed E-state index contributed by atoms with van der Waals surface area (Å²) < 4.78 is 0. The summed E-state index contributed by atoms with van der Waals surface area (Å²) >= 11 is 0. The molecule has 0 saturated carbocycles. The van der Waals surface area contributed by atoms with Crippen molar-refractivity contribution < 1.29 is 0 Å². The Balaban J connectivity index is 2.33. The minimum Gasteiger partial charge on any atom is -0.398 e. The van der Waals surface area contributed by atoms with Gasteiger partial charge in [-0.15, -0.1) is 0 Å². The Morgan fingerprint density at radius 1 is 1.18 bits per heavy atom. The number of para-hydroxylation sites is 1. The third-order valence-corrected chi connectivity index (χ3v) is 3.88. The van der Waals surface area contributed by atoms with Gasteiger partial charge >= 0.3 is 0 Å². The molecule has 3 rings (SSSR count). The zero-order chi connectivity index (χ0) is 12.0. The number of rotatable bonds is 0. The van der Waals surface area contributed by atoms with Crippen molar-refractivity contribution in [3.05, 3.63) is 59.7 Å². The maximum absolute atomic E-state index is 6.32. The van der Waals surface area contributed by atoms with Gasteiger partial charge in [0.1, 0.15) is 0 Å². The lowest BCUT2D eigenvalue weighted by Crippen LogP contribution is -2.48. The molecule has 0 aromatic heterocycles. The van der Waals surface area contributed by atoms with Gasteiger partial charge in [-0.25, -0.2) is 0 Å². The molecule has 0 radical (unpaired) electrons. The van der Waals surface area contributed by atoms with E-state index in [1.165, 1.54) is 11.3 Å². The molecular formula is C15H16N2. The quantitative estimate of drug-likeness (QED) is 0.734. The highest BCUT2D eigenvalue weighted by Crippen LogP contribution is 2.43. The predicted molar refractivity (Wildman–Crippen MR) is 72.6 cm³/mol.